The van der Waals surface area contributed by atoms with Crippen LogP contribution in [0.15, 0.2) is 12.4 Å². The van der Waals surface area contributed by atoms with Gasteiger partial charge in [0.05, 0.1) is 5.92 Å². The number of aryl methyl sites for hydroxylation is 1. The highest BCUT2D eigenvalue weighted by atomic mass is 35.5. The number of carbonyl (C=O) groups excluding carboxylic acids is 1. The molecule has 226 valence electrons. The van der Waals surface area contributed by atoms with Gasteiger partial charge in [-0.25, -0.2) is 4.39 Å². The Morgan fingerprint density at radius 3 is 2.40 bits per heavy atom. The molecule has 9 unspecified atom stereocenters. The summed E-state index contributed by atoms with van der Waals surface area (Å²) in [5.41, 5.74) is 0.326. The Morgan fingerprint density at radius 2 is 1.77 bits per heavy atom. The molecule has 5 nitrogen and oxygen atoms in total. The van der Waals surface area contributed by atoms with E-state index >= 15 is 0 Å². The smallest absolute Gasteiger partial charge is 0.353 e. The van der Waals surface area contributed by atoms with Crippen LogP contribution in [0.3, 0.4) is 0 Å². The van der Waals surface area contributed by atoms with Crippen LogP contribution < -0.4 is 10.9 Å². The number of nitrogens with one attached hydrogen (secondary N) is 2. The van der Waals surface area contributed by atoms with Gasteiger partial charge in [-0.2, -0.15) is 13.2 Å². The number of imidazole rings is 1. The molecule has 0 spiro atoms. The second-order valence-electron chi connectivity index (χ2n) is 13.6. The first-order valence-electron chi connectivity index (χ1n) is 15.3. The normalized spacial score (nSPS) is 38.1. The second kappa shape index (κ2) is 12.0. The predicted molar refractivity (Wildman–Crippen MR) is 146 cm³/mol. The van der Waals surface area contributed by atoms with Gasteiger partial charge in [-0.3, -0.25) is 10.2 Å². The number of alkyl halides is 5. The minimum Gasteiger partial charge on any atom is -0.353 e. The Balaban J connectivity index is 1.35. The van der Waals surface area contributed by atoms with Crippen molar-refractivity contribution in [3.63, 3.8) is 0 Å². The maximum Gasteiger partial charge on any atom is 0.392 e. The fourth-order valence-electron chi connectivity index (χ4n) is 8.32. The molecule has 4 aliphatic rings. The van der Waals surface area contributed by atoms with E-state index in [1.165, 1.54) is 0 Å². The Hall–Kier alpha value is -1.51. The van der Waals surface area contributed by atoms with E-state index in [4.69, 9.17) is 17.0 Å². The van der Waals surface area contributed by atoms with E-state index in [0.717, 1.165) is 32.1 Å². The summed E-state index contributed by atoms with van der Waals surface area (Å²) in [5, 5.41) is 11.9. The molecule has 4 aliphatic carbocycles. The Kier molecular flexibility index (Phi) is 8.99. The number of nitrogens with zero attached hydrogens (tertiary/aromatic N) is 2. The third-order valence-corrected chi connectivity index (χ3v) is 11.3. The molecule has 10 heteroatoms. The molecular weight excluding hydrogens is 544 g/mol. The van der Waals surface area contributed by atoms with E-state index in [-0.39, 0.29) is 47.9 Å². The second-order valence-corrected chi connectivity index (χ2v) is 14.1. The molecule has 1 aromatic heterocycles. The van der Waals surface area contributed by atoms with Gasteiger partial charge < -0.3 is 14.5 Å². The average Bonchev–Trinajstić information content (AvgIpc) is 3.70. The molecule has 4 fully saturated rings. The van der Waals surface area contributed by atoms with Crippen molar-refractivity contribution in [2.75, 3.05) is 0 Å². The van der Waals surface area contributed by atoms with Crippen LogP contribution in [0.2, 0.25) is 0 Å². The largest absolute Gasteiger partial charge is 0.392 e. The minimum absolute atomic E-state index is 0.0194. The highest BCUT2D eigenvalue weighted by Crippen LogP contribution is 2.51. The van der Waals surface area contributed by atoms with E-state index in [9.17, 15) is 22.4 Å². The summed E-state index contributed by atoms with van der Waals surface area (Å²) in [6, 6.07) is 0.103. The minimum atomic E-state index is -4.45. The van der Waals surface area contributed by atoms with E-state index in [1.54, 1.807) is 17.8 Å². The molecular formula is C30H45ClF4N4O. The lowest BCUT2D eigenvalue weighted by molar-refractivity contribution is -0.209. The van der Waals surface area contributed by atoms with Gasteiger partial charge in [0.25, 0.3) is 0 Å². The zero-order chi connectivity index (χ0) is 28.8. The first-order chi connectivity index (χ1) is 18.9. The van der Waals surface area contributed by atoms with Crippen LogP contribution in [0.25, 0.3) is 0 Å². The highest BCUT2D eigenvalue weighted by molar-refractivity contribution is 6.20. The van der Waals surface area contributed by atoms with Crippen molar-refractivity contribution in [1.29, 1.82) is 5.41 Å². The summed E-state index contributed by atoms with van der Waals surface area (Å²) in [7, 11) is 1.79. The number of amides is 1. The van der Waals surface area contributed by atoms with E-state index in [1.807, 2.05) is 10.8 Å². The first-order valence-corrected chi connectivity index (χ1v) is 15.8. The number of halogens is 5. The van der Waals surface area contributed by atoms with Crippen molar-refractivity contribution >= 4 is 17.5 Å². The highest BCUT2D eigenvalue weighted by Gasteiger charge is 2.52. The maximum atomic E-state index is 14.2. The molecule has 1 heterocycles. The zero-order valence-corrected chi connectivity index (χ0v) is 24.4. The van der Waals surface area contributed by atoms with Crippen LogP contribution in [0.5, 0.6) is 0 Å². The fourth-order valence-corrected chi connectivity index (χ4v) is 8.54. The SMILES string of the molecule is CC1CC([C@@H](NC(=O)C2CC(Cn3ccn(C)c3=N)CC(C3CCC(F)CC3C(F)(F)F)C2)C2CC2)CCC1Cl. The molecule has 4 saturated carbocycles. The van der Waals surface area contributed by atoms with E-state index in [0.29, 0.717) is 49.2 Å². The Bertz CT molecular complexity index is 1080. The van der Waals surface area contributed by atoms with Crippen molar-refractivity contribution in [3.8, 4) is 0 Å². The van der Waals surface area contributed by atoms with Gasteiger partial charge in [-0.05, 0) is 106 Å². The lowest BCUT2D eigenvalue weighted by Gasteiger charge is -2.44. The van der Waals surface area contributed by atoms with Crippen molar-refractivity contribution in [1.82, 2.24) is 14.5 Å². The summed E-state index contributed by atoms with van der Waals surface area (Å²) >= 11 is 6.49. The van der Waals surface area contributed by atoms with Crippen LogP contribution in [0.4, 0.5) is 17.6 Å². The molecule has 0 aromatic carbocycles. The number of carbonyl (C=O) groups is 1. The zero-order valence-electron chi connectivity index (χ0n) is 23.7. The summed E-state index contributed by atoms with van der Waals surface area (Å²) < 4.78 is 60.1. The van der Waals surface area contributed by atoms with Crippen LogP contribution in [0, 0.1) is 52.8 Å². The number of rotatable bonds is 7. The fraction of sp³-hybridized carbons (Fsp3) is 0.867. The first kappa shape index (κ1) is 30.0. The monoisotopic (exact) mass is 588 g/mol. The topological polar surface area (TPSA) is 62.8 Å². The summed E-state index contributed by atoms with van der Waals surface area (Å²) in [6.45, 7) is 2.68. The molecule has 0 radical (unpaired) electrons. The number of aromatic nitrogens is 2. The molecule has 40 heavy (non-hydrogen) atoms. The van der Waals surface area contributed by atoms with Crippen molar-refractivity contribution < 1.29 is 22.4 Å². The van der Waals surface area contributed by atoms with Crippen molar-refractivity contribution in [2.45, 2.75) is 108 Å². The van der Waals surface area contributed by atoms with Gasteiger partial charge in [0.1, 0.15) is 6.17 Å². The number of hydrogen-bond donors (Lipinski definition) is 2. The number of hydrogen-bond acceptors (Lipinski definition) is 2. The maximum absolute atomic E-state index is 14.2. The summed E-state index contributed by atoms with van der Waals surface area (Å²) in [4.78, 5) is 13.9. The van der Waals surface area contributed by atoms with E-state index in [2.05, 4.69) is 12.2 Å². The average molecular weight is 589 g/mol. The van der Waals surface area contributed by atoms with E-state index < -0.39 is 30.6 Å². The van der Waals surface area contributed by atoms with Gasteiger partial charge in [-0.1, -0.05) is 6.92 Å². The van der Waals surface area contributed by atoms with Gasteiger partial charge in [0.15, 0.2) is 0 Å². The van der Waals surface area contributed by atoms with Gasteiger partial charge >= 0.3 is 6.18 Å². The van der Waals surface area contributed by atoms with Gasteiger partial charge in [0.2, 0.25) is 11.5 Å². The van der Waals surface area contributed by atoms with Crippen LogP contribution in [-0.2, 0) is 18.4 Å². The molecule has 1 amide bonds. The third kappa shape index (κ3) is 6.75. The molecule has 0 aliphatic heterocycles. The van der Waals surface area contributed by atoms with Crippen molar-refractivity contribution in [3.05, 3.63) is 18.0 Å². The molecule has 0 bridgehead atoms. The Labute approximate surface area is 239 Å². The molecule has 2 N–H and O–H groups in total. The standard InChI is InChI=1S/C30H45ClF4N4O/c1-17-11-20(5-8-26(17)31)27(19-3-4-19)37-28(40)22-13-18(16-39-10-9-38(2)29(39)36)12-21(14-22)24-7-6-23(32)15-25(24)30(33,34)35/h9-10,17-27,36H,3-8,11-16H2,1-2H3,(H,37,40)/t17?,18?,20?,21?,22?,23?,24?,25?,26?,27-/m0/s1. The van der Waals surface area contributed by atoms with Crippen LogP contribution in [-0.4, -0.2) is 38.8 Å². The molecule has 10 atom stereocenters. The Morgan fingerprint density at radius 1 is 1.05 bits per heavy atom. The summed E-state index contributed by atoms with van der Waals surface area (Å²) in [6.07, 6.45) is 4.38. The van der Waals surface area contributed by atoms with Gasteiger partial charge in [-0.15, -0.1) is 11.6 Å². The third-order valence-electron chi connectivity index (χ3n) is 10.7. The predicted octanol–water partition coefficient (Wildman–Crippen LogP) is 6.59. The lowest BCUT2D eigenvalue weighted by atomic mass is 9.63. The summed E-state index contributed by atoms with van der Waals surface area (Å²) in [5.74, 6) is -1.78. The van der Waals surface area contributed by atoms with Crippen LogP contribution >= 0.6 is 11.6 Å². The molecule has 5 rings (SSSR count). The molecule has 0 saturated heterocycles. The lowest BCUT2D eigenvalue weighted by Crippen LogP contribution is -2.49. The van der Waals surface area contributed by atoms with Crippen LogP contribution in [0.1, 0.15) is 77.6 Å². The molecule has 1 aromatic rings. The quantitative estimate of drug-likeness (QED) is 0.274. The van der Waals surface area contributed by atoms with Crippen molar-refractivity contribution in [2.24, 2.45) is 54.4 Å². The van der Waals surface area contributed by atoms with Gasteiger partial charge in [0, 0.05) is 43.3 Å².